The maximum Gasteiger partial charge on any atom is 0.425 e. The Kier molecular flexibility index (Phi) is 3.67. The Bertz CT molecular complexity index is 569. The number of pyridine rings is 1. The predicted octanol–water partition coefficient (Wildman–Crippen LogP) is 2.89. The lowest BCUT2D eigenvalue weighted by Gasteiger charge is -2.31. The molecule has 0 aliphatic heterocycles. The lowest BCUT2D eigenvalue weighted by molar-refractivity contribution is -0.248. The highest BCUT2D eigenvalue weighted by Crippen LogP contribution is 2.44. The van der Waals surface area contributed by atoms with Crippen LogP contribution < -0.4 is 4.74 Å². The molecule has 0 aliphatic rings. The van der Waals surface area contributed by atoms with Crippen LogP contribution in [0.25, 0.3) is 0 Å². The maximum atomic E-state index is 13.4. The summed E-state index contributed by atoms with van der Waals surface area (Å²) in [6, 6.07) is 7.38. The van der Waals surface area contributed by atoms with Gasteiger partial charge in [0.2, 0.25) is 5.60 Å². The molecule has 1 aromatic heterocycles. The summed E-state index contributed by atoms with van der Waals surface area (Å²) in [4.78, 5) is 3.66. The van der Waals surface area contributed by atoms with Gasteiger partial charge in [0.05, 0.1) is 7.11 Å². The van der Waals surface area contributed by atoms with Gasteiger partial charge in [-0.05, 0) is 29.8 Å². The molecule has 1 aromatic carbocycles. The number of halogens is 3. The van der Waals surface area contributed by atoms with Crippen molar-refractivity contribution in [1.82, 2.24) is 4.98 Å². The van der Waals surface area contributed by atoms with Crippen molar-refractivity contribution in [2.75, 3.05) is 7.11 Å². The number of aliphatic hydroxyl groups is 1. The SMILES string of the molecule is COc1ccc(C(O)(c2ccncc2)C(F)(F)F)cc1. The van der Waals surface area contributed by atoms with Crippen molar-refractivity contribution in [3.05, 3.63) is 59.9 Å². The fourth-order valence-electron chi connectivity index (χ4n) is 1.92. The molecule has 1 atom stereocenters. The maximum absolute atomic E-state index is 13.4. The third-order valence-corrected chi connectivity index (χ3v) is 3.02. The van der Waals surface area contributed by atoms with Gasteiger partial charge in [-0.15, -0.1) is 0 Å². The zero-order valence-corrected chi connectivity index (χ0v) is 10.6. The van der Waals surface area contributed by atoms with Crippen molar-refractivity contribution in [2.45, 2.75) is 11.8 Å². The molecular weight excluding hydrogens is 271 g/mol. The summed E-state index contributed by atoms with van der Waals surface area (Å²) in [6.07, 6.45) is -2.45. The minimum absolute atomic E-state index is 0.281. The number of hydrogen-bond acceptors (Lipinski definition) is 3. The molecule has 6 heteroatoms. The van der Waals surface area contributed by atoms with Gasteiger partial charge in [-0.25, -0.2) is 0 Å². The van der Waals surface area contributed by atoms with Crippen LogP contribution in [0, 0.1) is 0 Å². The molecule has 0 saturated heterocycles. The third kappa shape index (κ3) is 2.34. The van der Waals surface area contributed by atoms with Crippen molar-refractivity contribution in [3.8, 4) is 5.75 Å². The normalized spacial score (nSPS) is 14.7. The van der Waals surface area contributed by atoms with Crippen LogP contribution in [-0.2, 0) is 5.60 Å². The molecule has 0 amide bonds. The molecule has 1 N–H and O–H groups in total. The van der Waals surface area contributed by atoms with Gasteiger partial charge in [-0.1, -0.05) is 12.1 Å². The van der Waals surface area contributed by atoms with Crippen molar-refractivity contribution >= 4 is 0 Å². The van der Waals surface area contributed by atoms with E-state index in [0.29, 0.717) is 5.75 Å². The van der Waals surface area contributed by atoms with E-state index in [1.165, 1.54) is 43.8 Å². The van der Waals surface area contributed by atoms with Crippen LogP contribution in [0.2, 0.25) is 0 Å². The van der Waals surface area contributed by atoms with Gasteiger partial charge < -0.3 is 9.84 Å². The molecule has 2 rings (SSSR count). The smallest absolute Gasteiger partial charge is 0.425 e. The van der Waals surface area contributed by atoms with Crippen LogP contribution in [0.3, 0.4) is 0 Å². The second-order valence-electron chi connectivity index (χ2n) is 4.17. The minimum Gasteiger partial charge on any atom is -0.497 e. The zero-order chi connectivity index (χ0) is 14.8. The van der Waals surface area contributed by atoms with Gasteiger partial charge in [0.25, 0.3) is 0 Å². The fourth-order valence-corrected chi connectivity index (χ4v) is 1.92. The van der Waals surface area contributed by atoms with Crippen LogP contribution >= 0.6 is 0 Å². The monoisotopic (exact) mass is 283 g/mol. The van der Waals surface area contributed by atoms with Gasteiger partial charge in [0, 0.05) is 18.0 Å². The van der Waals surface area contributed by atoms with E-state index in [0.717, 1.165) is 12.1 Å². The molecule has 0 bridgehead atoms. The van der Waals surface area contributed by atoms with Gasteiger partial charge in [-0.3, -0.25) is 4.98 Å². The van der Waals surface area contributed by atoms with Gasteiger partial charge in [-0.2, -0.15) is 13.2 Å². The second kappa shape index (κ2) is 5.13. The lowest BCUT2D eigenvalue weighted by atomic mass is 9.86. The van der Waals surface area contributed by atoms with E-state index in [2.05, 4.69) is 4.98 Å². The van der Waals surface area contributed by atoms with Crippen molar-refractivity contribution < 1.29 is 23.0 Å². The summed E-state index contributed by atoms with van der Waals surface area (Å²) in [5, 5.41) is 10.3. The van der Waals surface area contributed by atoms with Gasteiger partial charge >= 0.3 is 6.18 Å². The second-order valence-corrected chi connectivity index (χ2v) is 4.17. The summed E-state index contributed by atoms with van der Waals surface area (Å²) in [5.74, 6) is 0.410. The number of methoxy groups -OCH3 is 1. The quantitative estimate of drug-likeness (QED) is 0.941. The average Bonchev–Trinajstić information content (AvgIpc) is 2.46. The van der Waals surface area contributed by atoms with Crippen LogP contribution in [0.4, 0.5) is 13.2 Å². The van der Waals surface area contributed by atoms with E-state index in [1.807, 2.05) is 0 Å². The molecule has 0 fully saturated rings. The molecule has 20 heavy (non-hydrogen) atoms. The van der Waals surface area contributed by atoms with E-state index in [4.69, 9.17) is 4.74 Å². The summed E-state index contributed by atoms with van der Waals surface area (Å²) in [5.41, 5.74) is -3.65. The molecule has 1 unspecified atom stereocenters. The Morgan fingerprint density at radius 3 is 1.90 bits per heavy atom. The molecule has 3 nitrogen and oxygen atoms in total. The summed E-state index contributed by atoms with van der Waals surface area (Å²) in [6.45, 7) is 0. The first-order valence-electron chi connectivity index (χ1n) is 5.73. The summed E-state index contributed by atoms with van der Waals surface area (Å²) >= 11 is 0. The van der Waals surface area contributed by atoms with E-state index >= 15 is 0 Å². The molecule has 0 aliphatic carbocycles. The van der Waals surface area contributed by atoms with Crippen LogP contribution in [-0.4, -0.2) is 23.4 Å². The van der Waals surface area contributed by atoms with Crippen molar-refractivity contribution in [2.24, 2.45) is 0 Å². The topological polar surface area (TPSA) is 42.4 Å². The Balaban J connectivity index is 2.58. The highest BCUT2D eigenvalue weighted by molar-refractivity contribution is 5.39. The number of benzene rings is 1. The largest absolute Gasteiger partial charge is 0.497 e. The standard InChI is InChI=1S/C14H12F3NO2/c1-20-12-4-2-10(3-5-12)13(19,14(15,16)17)11-6-8-18-9-7-11/h2-9,19H,1H3. The van der Waals surface area contributed by atoms with Crippen LogP contribution in [0.1, 0.15) is 11.1 Å². The highest BCUT2D eigenvalue weighted by atomic mass is 19.4. The fraction of sp³-hybridized carbons (Fsp3) is 0.214. The lowest BCUT2D eigenvalue weighted by Crippen LogP contribution is -2.43. The molecular formula is C14H12F3NO2. The zero-order valence-electron chi connectivity index (χ0n) is 10.6. The first-order chi connectivity index (χ1) is 9.39. The summed E-state index contributed by atoms with van der Waals surface area (Å²) in [7, 11) is 1.41. The van der Waals surface area contributed by atoms with Gasteiger partial charge in [0.1, 0.15) is 5.75 Å². The number of rotatable bonds is 3. The van der Waals surface area contributed by atoms with E-state index in [9.17, 15) is 18.3 Å². The van der Waals surface area contributed by atoms with Crippen molar-refractivity contribution in [3.63, 3.8) is 0 Å². The predicted molar refractivity (Wildman–Crippen MR) is 66.3 cm³/mol. The Hall–Kier alpha value is -2.08. The number of ether oxygens (including phenoxy) is 1. The molecule has 0 spiro atoms. The Morgan fingerprint density at radius 2 is 1.45 bits per heavy atom. The average molecular weight is 283 g/mol. The first kappa shape index (κ1) is 14.3. The molecule has 106 valence electrons. The number of alkyl halides is 3. The van der Waals surface area contributed by atoms with Gasteiger partial charge in [0.15, 0.2) is 0 Å². The molecule has 1 heterocycles. The van der Waals surface area contributed by atoms with E-state index < -0.39 is 11.8 Å². The van der Waals surface area contributed by atoms with Crippen LogP contribution in [0.5, 0.6) is 5.75 Å². The Morgan fingerprint density at radius 1 is 0.950 bits per heavy atom. The van der Waals surface area contributed by atoms with E-state index in [-0.39, 0.29) is 11.1 Å². The molecule has 2 aromatic rings. The highest BCUT2D eigenvalue weighted by Gasteiger charge is 2.56. The van der Waals surface area contributed by atoms with E-state index in [1.54, 1.807) is 0 Å². The molecule has 0 radical (unpaired) electrons. The minimum atomic E-state index is -4.86. The number of nitrogens with zero attached hydrogens (tertiary/aromatic N) is 1. The molecule has 0 saturated carbocycles. The Labute approximate surface area is 113 Å². The first-order valence-corrected chi connectivity index (χ1v) is 5.73. The third-order valence-electron chi connectivity index (χ3n) is 3.02. The number of aromatic nitrogens is 1. The summed E-state index contributed by atoms with van der Waals surface area (Å²) < 4.78 is 45.0. The number of hydrogen-bond donors (Lipinski definition) is 1. The van der Waals surface area contributed by atoms with Crippen LogP contribution in [0.15, 0.2) is 48.8 Å². The van der Waals surface area contributed by atoms with Crippen molar-refractivity contribution in [1.29, 1.82) is 0 Å².